The normalized spacial score (nSPS) is 13.7. The average Bonchev–Trinajstić information content (AvgIpc) is 3.74. The molecule has 1 fully saturated rings. The first-order valence-electron chi connectivity index (χ1n) is 16.0. The third-order valence-corrected chi connectivity index (χ3v) is 9.17. The van der Waals surface area contributed by atoms with E-state index < -0.39 is 0 Å². The molecular weight excluding hydrogens is 580 g/mol. The van der Waals surface area contributed by atoms with Crippen LogP contribution in [-0.4, -0.2) is 75.0 Å². The van der Waals surface area contributed by atoms with Crippen LogP contribution in [-0.2, 0) is 38.1 Å². The molecule has 1 saturated heterocycles. The highest BCUT2D eigenvalue weighted by Crippen LogP contribution is 2.21. The topological polar surface area (TPSA) is 106 Å². The lowest BCUT2D eigenvalue weighted by molar-refractivity contribution is 0.0371. The average molecular weight is 625 g/mol. The van der Waals surface area contributed by atoms with E-state index in [0.717, 1.165) is 72.6 Å². The van der Waals surface area contributed by atoms with Crippen molar-refractivity contribution in [2.75, 3.05) is 32.8 Å². The van der Waals surface area contributed by atoms with Crippen molar-refractivity contribution in [3.63, 3.8) is 0 Å². The van der Waals surface area contributed by atoms with Gasteiger partial charge in [0.2, 0.25) is 0 Å². The fourth-order valence-corrected chi connectivity index (χ4v) is 6.23. The lowest BCUT2D eigenvalue weighted by Crippen LogP contribution is -2.36. The Balaban J connectivity index is 1.15. The second-order valence-electron chi connectivity index (χ2n) is 12.6. The van der Waals surface area contributed by atoms with E-state index in [9.17, 15) is 19.2 Å². The summed E-state index contributed by atoms with van der Waals surface area (Å²) in [5.74, 6) is -0.110. The van der Waals surface area contributed by atoms with E-state index in [2.05, 4.69) is 9.88 Å². The van der Waals surface area contributed by atoms with E-state index in [-0.39, 0.29) is 42.4 Å². The van der Waals surface area contributed by atoms with Crippen molar-refractivity contribution in [1.82, 2.24) is 19.0 Å². The number of carbonyl (C=O) groups excluding carboxylic acids is 4. The quantitative estimate of drug-likeness (QED) is 0.194. The van der Waals surface area contributed by atoms with Gasteiger partial charge in [-0.3, -0.25) is 24.1 Å². The van der Waals surface area contributed by atoms with Gasteiger partial charge in [0.05, 0.1) is 30.3 Å². The number of aryl methyl sites for hydroxylation is 3. The molecule has 1 aromatic carbocycles. The molecule has 0 unspecified atom stereocenters. The van der Waals surface area contributed by atoms with Gasteiger partial charge in [0.25, 0.3) is 0 Å². The Kier molecular flexibility index (Phi) is 10.3. The van der Waals surface area contributed by atoms with Gasteiger partial charge in [0.15, 0.2) is 23.1 Å². The number of ether oxygens (including phenoxy) is 1. The van der Waals surface area contributed by atoms with Gasteiger partial charge in [-0.1, -0.05) is 12.1 Å². The van der Waals surface area contributed by atoms with Gasteiger partial charge in [-0.15, -0.1) is 0 Å². The minimum Gasteiger partial charge on any atom is -0.379 e. The van der Waals surface area contributed by atoms with Crippen LogP contribution in [0.25, 0.3) is 0 Å². The number of hydrogen-bond acceptors (Lipinski definition) is 6. The largest absolute Gasteiger partial charge is 0.379 e. The van der Waals surface area contributed by atoms with Gasteiger partial charge in [-0.2, -0.15) is 0 Å². The molecule has 0 saturated carbocycles. The summed E-state index contributed by atoms with van der Waals surface area (Å²) in [7, 11) is 3.63. The van der Waals surface area contributed by atoms with Crippen LogP contribution in [0.2, 0.25) is 0 Å². The van der Waals surface area contributed by atoms with E-state index in [0.29, 0.717) is 29.1 Å². The number of morpholine rings is 1. The Labute approximate surface area is 270 Å². The van der Waals surface area contributed by atoms with Crippen LogP contribution >= 0.6 is 0 Å². The molecule has 5 rings (SSSR count). The van der Waals surface area contributed by atoms with Gasteiger partial charge in [0, 0.05) is 77.0 Å². The van der Waals surface area contributed by atoms with E-state index in [4.69, 9.17) is 4.74 Å². The minimum atomic E-state index is -0.120. The molecule has 0 bridgehead atoms. The van der Waals surface area contributed by atoms with Crippen molar-refractivity contribution in [2.24, 2.45) is 14.1 Å². The molecule has 9 heteroatoms. The van der Waals surface area contributed by atoms with Gasteiger partial charge in [-0.05, 0) is 85.3 Å². The summed E-state index contributed by atoms with van der Waals surface area (Å²) >= 11 is 0. The maximum absolute atomic E-state index is 13.3. The Morgan fingerprint density at radius 2 is 1.35 bits per heavy atom. The maximum Gasteiger partial charge on any atom is 0.183 e. The number of ketones is 4. The molecule has 0 amide bonds. The van der Waals surface area contributed by atoms with E-state index in [1.165, 1.54) is 0 Å². The van der Waals surface area contributed by atoms with Crippen molar-refractivity contribution < 1.29 is 23.9 Å². The molecule has 0 atom stereocenters. The zero-order valence-corrected chi connectivity index (χ0v) is 27.6. The smallest absolute Gasteiger partial charge is 0.183 e. The predicted octanol–water partition coefficient (Wildman–Crippen LogP) is 5.19. The fraction of sp³-hybridized carbons (Fsp3) is 0.405. The number of carbonyl (C=O) groups is 4. The van der Waals surface area contributed by atoms with E-state index >= 15 is 0 Å². The van der Waals surface area contributed by atoms with Crippen molar-refractivity contribution in [3.05, 3.63) is 105 Å². The molecule has 1 aliphatic heterocycles. The molecule has 3 aromatic heterocycles. The lowest BCUT2D eigenvalue weighted by atomic mass is 9.94. The summed E-state index contributed by atoms with van der Waals surface area (Å²) in [5, 5.41) is 0. The molecule has 0 radical (unpaired) electrons. The molecule has 4 heterocycles. The van der Waals surface area contributed by atoms with Gasteiger partial charge < -0.3 is 18.9 Å². The number of nitrogens with one attached hydrogen (secondary N) is 1. The third-order valence-electron chi connectivity index (χ3n) is 9.17. The number of nitrogens with zero attached hydrogens (tertiary/aromatic N) is 3. The first kappa shape index (κ1) is 33.0. The molecule has 9 nitrogen and oxygen atoms in total. The summed E-state index contributed by atoms with van der Waals surface area (Å²) in [4.78, 5) is 57.6. The van der Waals surface area contributed by atoms with Gasteiger partial charge in [0.1, 0.15) is 0 Å². The van der Waals surface area contributed by atoms with Crippen molar-refractivity contribution in [1.29, 1.82) is 0 Å². The highest BCUT2D eigenvalue weighted by Gasteiger charge is 2.20. The number of H-pyrrole nitrogens is 1. The van der Waals surface area contributed by atoms with Crippen LogP contribution in [0.15, 0.2) is 48.9 Å². The monoisotopic (exact) mass is 624 g/mol. The van der Waals surface area contributed by atoms with Crippen LogP contribution < -0.4 is 0 Å². The lowest BCUT2D eigenvalue weighted by Gasteiger charge is -2.26. The SMILES string of the molecule is Cc1ccc(C(=O)Cc2c[nH]c(C(=O)Cc3cc(C(=O)Cc4cc(C(=O)CCCN5CCOCC5)n(C)c4)n(C)c3)c2)c(C)c1C. The fourth-order valence-electron chi connectivity index (χ4n) is 6.23. The zero-order chi connectivity index (χ0) is 33.0. The second-order valence-corrected chi connectivity index (χ2v) is 12.6. The number of hydrogen-bond donors (Lipinski definition) is 1. The van der Waals surface area contributed by atoms with E-state index in [1.807, 2.05) is 52.2 Å². The highest BCUT2D eigenvalue weighted by molar-refractivity contribution is 6.01. The Bertz CT molecular complexity index is 1770. The second kappa shape index (κ2) is 14.4. The molecule has 46 heavy (non-hydrogen) atoms. The predicted molar refractivity (Wildman–Crippen MR) is 177 cm³/mol. The van der Waals surface area contributed by atoms with Gasteiger partial charge in [-0.25, -0.2) is 0 Å². The zero-order valence-electron chi connectivity index (χ0n) is 27.6. The third kappa shape index (κ3) is 7.71. The van der Waals surface area contributed by atoms with Crippen molar-refractivity contribution in [3.8, 4) is 0 Å². The number of aromatic nitrogens is 3. The number of rotatable bonds is 14. The highest BCUT2D eigenvalue weighted by atomic mass is 16.5. The van der Waals surface area contributed by atoms with Crippen molar-refractivity contribution in [2.45, 2.75) is 52.9 Å². The summed E-state index contributed by atoms with van der Waals surface area (Å²) < 4.78 is 8.93. The molecule has 242 valence electrons. The standard InChI is InChI=1S/C37H44N4O5/c1-24-8-9-30(26(3)25(24)2)35(43)18-27-15-31(38-21-27)36(44)19-28-17-33(40(5)22-28)37(45)20-29-16-32(39(4)23-29)34(42)7-6-10-41-11-13-46-14-12-41/h8-9,15-17,21-23,38H,6-7,10-14,18-20H2,1-5H3. The van der Waals surface area contributed by atoms with Crippen LogP contribution in [0.5, 0.6) is 0 Å². The minimum absolute atomic E-state index is 0.0171. The summed E-state index contributed by atoms with van der Waals surface area (Å²) in [6, 6.07) is 9.16. The molecule has 4 aromatic rings. The molecule has 0 spiro atoms. The first-order chi connectivity index (χ1) is 22.0. The summed E-state index contributed by atoms with van der Waals surface area (Å²) in [5.41, 5.74) is 7.79. The van der Waals surface area contributed by atoms with Crippen LogP contribution in [0, 0.1) is 20.8 Å². The van der Waals surface area contributed by atoms with Crippen LogP contribution in [0.1, 0.15) is 88.0 Å². The molecule has 1 N–H and O–H groups in total. The van der Waals surface area contributed by atoms with Crippen molar-refractivity contribution >= 4 is 23.1 Å². The Morgan fingerprint density at radius 3 is 2.02 bits per heavy atom. The Hall–Kier alpha value is -4.34. The maximum atomic E-state index is 13.3. The van der Waals surface area contributed by atoms with Gasteiger partial charge >= 0.3 is 0 Å². The number of Topliss-reactive ketones (excluding diaryl/α,β-unsaturated/α-hetero) is 4. The molecule has 0 aliphatic carbocycles. The molecular formula is C37H44N4O5. The molecule has 1 aliphatic rings. The van der Waals surface area contributed by atoms with E-state index in [1.54, 1.807) is 40.7 Å². The first-order valence-corrected chi connectivity index (χ1v) is 16.0. The summed E-state index contributed by atoms with van der Waals surface area (Å²) in [6.07, 6.45) is 7.10. The number of aromatic amines is 1. The van der Waals surface area contributed by atoms with Crippen LogP contribution in [0.4, 0.5) is 0 Å². The Morgan fingerprint density at radius 1 is 0.739 bits per heavy atom. The summed E-state index contributed by atoms with van der Waals surface area (Å²) in [6.45, 7) is 10.2. The number of benzene rings is 1. The van der Waals surface area contributed by atoms with Crippen LogP contribution in [0.3, 0.4) is 0 Å².